The minimum absolute atomic E-state index is 0.137. The van der Waals surface area contributed by atoms with Gasteiger partial charge in [-0.3, -0.25) is 14.5 Å². The normalized spacial score (nSPS) is 26.8. The molecule has 1 spiro atoms. The van der Waals surface area contributed by atoms with Crippen LogP contribution in [0.3, 0.4) is 0 Å². The summed E-state index contributed by atoms with van der Waals surface area (Å²) >= 11 is 1.59. The Balaban J connectivity index is 1.52. The third kappa shape index (κ3) is 2.50. The summed E-state index contributed by atoms with van der Waals surface area (Å²) in [5.74, 6) is -0.720. The molecular weight excluding hydrogens is 352 g/mol. The van der Waals surface area contributed by atoms with Crippen LogP contribution in [-0.2, 0) is 21.5 Å². The fraction of sp³-hybridized carbons (Fsp3) is 0.556. The molecule has 1 aromatic heterocycles. The van der Waals surface area contributed by atoms with Gasteiger partial charge in [0.2, 0.25) is 5.91 Å². The second-order valence-electron chi connectivity index (χ2n) is 7.47. The summed E-state index contributed by atoms with van der Waals surface area (Å²) in [6.07, 6.45) is 4.06. The lowest BCUT2D eigenvalue weighted by Crippen LogP contribution is -2.51. The van der Waals surface area contributed by atoms with E-state index in [4.69, 9.17) is 0 Å². The molecule has 8 heteroatoms. The van der Waals surface area contributed by atoms with Crippen LogP contribution < -0.4 is 10.6 Å². The van der Waals surface area contributed by atoms with Gasteiger partial charge in [0, 0.05) is 10.4 Å². The van der Waals surface area contributed by atoms with Crippen molar-refractivity contribution < 1.29 is 14.4 Å². The van der Waals surface area contributed by atoms with Crippen LogP contribution in [0.2, 0.25) is 0 Å². The molecule has 1 saturated carbocycles. The minimum Gasteiger partial charge on any atom is -0.336 e. The summed E-state index contributed by atoms with van der Waals surface area (Å²) in [6.45, 7) is 1.32. The maximum absolute atomic E-state index is 13.1. The average molecular weight is 372 g/mol. The number of nitrogens with zero attached hydrogens (tertiary/aromatic N) is 2. The number of hydrogen-bond donors (Lipinski definition) is 2. The highest BCUT2D eigenvalue weighted by Gasteiger charge is 2.55. The first-order valence-corrected chi connectivity index (χ1v) is 9.71. The van der Waals surface area contributed by atoms with E-state index >= 15 is 0 Å². The number of rotatable bonds is 4. The van der Waals surface area contributed by atoms with E-state index in [0.717, 1.165) is 41.0 Å². The third-order valence-corrected chi connectivity index (χ3v) is 6.64. The van der Waals surface area contributed by atoms with Crippen molar-refractivity contribution in [3.8, 4) is 6.07 Å². The summed E-state index contributed by atoms with van der Waals surface area (Å²) < 4.78 is 0. The molecule has 1 aromatic rings. The Hall–Kier alpha value is -2.40. The van der Waals surface area contributed by atoms with Crippen LogP contribution in [0.4, 0.5) is 4.79 Å². The summed E-state index contributed by atoms with van der Waals surface area (Å²) in [7, 11) is 0. The van der Waals surface area contributed by atoms with Gasteiger partial charge in [0.05, 0.1) is 6.07 Å². The van der Waals surface area contributed by atoms with Crippen LogP contribution in [0, 0.1) is 17.2 Å². The number of carbonyl (C=O) groups is 3. The maximum Gasteiger partial charge on any atom is 0.325 e. The number of imide groups is 1. The van der Waals surface area contributed by atoms with Gasteiger partial charge < -0.3 is 10.6 Å². The van der Waals surface area contributed by atoms with Gasteiger partial charge in [-0.2, -0.15) is 5.26 Å². The van der Waals surface area contributed by atoms with Gasteiger partial charge in [-0.1, -0.05) is 0 Å². The molecule has 0 radical (unpaired) electrons. The molecule has 3 aliphatic rings. The Morgan fingerprint density at radius 1 is 1.54 bits per heavy atom. The predicted octanol–water partition coefficient (Wildman–Crippen LogP) is 1.64. The molecule has 0 aromatic carbocycles. The Morgan fingerprint density at radius 2 is 2.31 bits per heavy atom. The molecular formula is C18H20N4O3S. The fourth-order valence-electron chi connectivity index (χ4n) is 4.04. The molecule has 4 rings (SSSR count). The molecule has 2 fully saturated rings. The molecule has 2 heterocycles. The summed E-state index contributed by atoms with van der Waals surface area (Å²) in [5.41, 5.74) is -1.13. The molecule has 0 unspecified atom stereocenters. The van der Waals surface area contributed by atoms with E-state index in [1.165, 1.54) is 0 Å². The van der Waals surface area contributed by atoms with Crippen LogP contribution in [-0.4, -0.2) is 34.8 Å². The monoisotopic (exact) mass is 372 g/mol. The van der Waals surface area contributed by atoms with Crippen LogP contribution in [0.5, 0.6) is 0 Å². The number of aryl methyl sites for hydroxylation is 1. The third-order valence-electron chi connectivity index (χ3n) is 5.66. The Morgan fingerprint density at radius 3 is 3.00 bits per heavy atom. The van der Waals surface area contributed by atoms with Crippen molar-refractivity contribution in [2.45, 2.75) is 50.1 Å². The zero-order valence-electron chi connectivity index (χ0n) is 14.5. The van der Waals surface area contributed by atoms with Crippen molar-refractivity contribution in [3.63, 3.8) is 0 Å². The zero-order valence-corrected chi connectivity index (χ0v) is 15.3. The van der Waals surface area contributed by atoms with Crippen molar-refractivity contribution in [2.75, 3.05) is 6.54 Å². The summed E-state index contributed by atoms with van der Waals surface area (Å²) in [5, 5.41) is 16.8. The number of fused-ring (bicyclic) bond motifs is 2. The van der Waals surface area contributed by atoms with Crippen LogP contribution in [0.1, 0.15) is 43.0 Å². The second-order valence-corrected chi connectivity index (χ2v) is 8.48. The highest BCUT2D eigenvalue weighted by atomic mass is 32.1. The minimum atomic E-state index is -1.04. The Bertz CT molecular complexity index is 840. The van der Waals surface area contributed by atoms with E-state index in [2.05, 4.69) is 16.7 Å². The molecule has 7 nitrogen and oxygen atoms in total. The van der Waals surface area contributed by atoms with Crippen LogP contribution in [0.25, 0.3) is 0 Å². The molecule has 2 aliphatic carbocycles. The number of urea groups is 1. The van der Waals surface area contributed by atoms with Crippen molar-refractivity contribution in [2.24, 2.45) is 5.92 Å². The van der Waals surface area contributed by atoms with Gasteiger partial charge in [0.25, 0.3) is 5.91 Å². The van der Waals surface area contributed by atoms with Gasteiger partial charge in [0.15, 0.2) is 0 Å². The molecule has 2 N–H and O–H groups in total. The number of hydrogen-bond acceptors (Lipinski definition) is 5. The zero-order chi connectivity index (χ0) is 18.5. The molecule has 0 bridgehead atoms. The van der Waals surface area contributed by atoms with E-state index in [1.807, 2.05) is 11.4 Å². The van der Waals surface area contributed by atoms with E-state index in [-0.39, 0.29) is 18.4 Å². The topological polar surface area (TPSA) is 102 Å². The van der Waals surface area contributed by atoms with E-state index in [1.54, 1.807) is 18.3 Å². The second kappa shape index (κ2) is 5.81. The smallest absolute Gasteiger partial charge is 0.325 e. The SMILES string of the molecule is C[C@@](C#N)(NC(=O)CN1C(=O)N[C@@]2(CCCc3sccc32)C1=O)C1CC1. The Kier molecular flexibility index (Phi) is 3.81. The lowest BCUT2D eigenvalue weighted by atomic mass is 9.80. The first-order chi connectivity index (χ1) is 12.4. The number of nitriles is 1. The van der Waals surface area contributed by atoms with E-state index < -0.39 is 23.0 Å². The van der Waals surface area contributed by atoms with Gasteiger partial charge in [-0.25, -0.2) is 4.79 Å². The van der Waals surface area contributed by atoms with Crippen molar-refractivity contribution in [1.82, 2.24) is 15.5 Å². The van der Waals surface area contributed by atoms with Gasteiger partial charge in [-0.15, -0.1) is 11.3 Å². The number of nitrogens with one attached hydrogen (secondary N) is 2. The molecule has 1 saturated heterocycles. The largest absolute Gasteiger partial charge is 0.336 e. The lowest BCUT2D eigenvalue weighted by Gasteiger charge is -2.31. The molecule has 26 heavy (non-hydrogen) atoms. The van der Waals surface area contributed by atoms with Crippen molar-refractivity contribution >= 4 is 29.2 Å². The first kappa shape index (κ1) is 17.0. The van der Waals surface area contributed by atoms with Crippen molar-refractivity contribution in [3.05, 3.63) is 21.9 Å². The maximum atomic E-state index is 13.1. The molecule has 4 amide bonds. The first-order valence-electron chi connectivity index (χ1n) is 8.83. The number of amides is 4. The predicted molar refractivity (Wildman–Crippen MR) is 94.1 cm³/mol. The quantitative estimate of drug-likeness (QED) is 0.784. The van der Waals surface area contributed by atoms with Gasteiger partial charge in [-0.05, 0) is 56.4 Å². The van der Waals surface area contributed by atoms with E-state index in [9.17, 15) is 19.6 Å². The molecule has 1 aliphatic heterocycles. The Labute approximate surface area is 155 Å². The average Bonchev–Trinajstić information content (AvgIpc) is 3.32. The van der Waals surface area contributed by atoms with Crippen molar-refractivity contribution in [1.29, 1.82) is 5.26 Å². The molecule has 2 atom stereocenters. The van der Waals surface area contributed by atoms with Crippen LogP contribution in [0.15, 0.2) is 11.4 Å². The van der Waals surface area contributed by atoms with E-state index in [0.29, 0.717) is 6.42 Å². The summed E-state index contributed by atoms with van der Waals surface area (Å²) in [4.78, 5) is 40.1. The highest BCUT2D eigenvalue weighted by Crippen LogP contribution is 2.42. The number of carbonyl (C=O) groups excluding carboxylic acids is 3. The highest BCUT2D eigenvalue weighted by molar-refractivity contribution is 7.10. The standard InChI is InChI=1S/C18H20N4O3S/c1-17(10-19,11-4-5-11)20-14(23)9-22-15(24)18(21-16(22)25)7-2-3-13-12(18)6-8-26-13/h6,8,11H,2-5,7,9H2,1H3,(H,20,23)(H,21,25)/t17-,18+/m0/s1. The number of thiophene rings is 1. The van der Waals surface area contributed by atoms with Gasteiger partial charge >= 0.3 is 6.03 Å². The van der Waals surface area contributed by atoms with Gasteiger partial charge in [0.1, 0.15) is 17.6 Å². The lowest BCUT2D eigenvalue weighted by molar-refractivity contribution is -0.136. The van der Waals surface area contributed by atoms with Crippen LogP contribution >= 0.6 is 11.3 Å². The summed E-state index contributed by atoms with van der Waals surface area (Å²) in [6, 6.07) is 3.49. The fourth-order valence-corrected chi connectivity index (χ4v) is 5.04. The molecule has 136 valence electrons.